The highest BCUT2D eigenvalue weighted by Crippen LogP contribution is 2.43. The Morgan fingerprint density at radius 1 is 0.614 bits per heavy atom. The average molecular weight is 836 g/mol. The molecule has 4 aromatic carbocycles. The first-order chi connectivity index (χ1) is 27.0. The van der Waals surface area contributed by atoms with Crippen LogP contribution in [-0.4, -0.2) is 77.0 Å². The van der Waals surface area contributed by atoms with E-state index in [0.29, 0.717) is 27.6 Å². The topological polar surface area (TPSA) is 264 Å². The Morgan fingerprint density at radius 3 is 1.86 bits per heavy atom. The van der Waals surface area contributed by atoms with Crippen LogP contribution in [0, 0.1) is 0 Å². The molecule has 19 nitrogen and oxygen atoms in total. The highest BCUT2D eigenvalue weighted by atomic mass is 32.2. The fraction of sp³-hybridized carbons (Fsp3) is 0.114. The van der Waals surface area contributed by atoms with Crippen molar-refractivity contribution >= 4 is 81.7 Å². The highest BCUT2D eigenvalue weighted by molar-refractivity contribution is 7.87. The molecule has 0 atom stereocenters. The van der Waals surface area contributed by atoms with E-state index in [4.69, 9.17) is 4.18 Å². The van der Waals surface area contributed by atoms with Crippen LogP contribution in [0.3, 0.4) is 0 Å². The summed E-state index contributed by atoms with van der Waals surface area (Å²) < 4.78 is 91.8. The zero-order valence-corrected chi connectivity index (χ0v) is 32.4. The number of nitrogens with zero attached hydrogens (tertiary/aromatic N) is 4. The van der Waals surface area contributed by atoms with Crippen molar-refractivity contribution in [3.63, 3.8) is 0 Å². The monoisotopic (exact) mass is 835 g/mol. The number of hydrogen-bond acceptors (Lipinski definition) is 18. The number of rotatable bonds is 12. The molecule has 0 fully saturated rings. The first kappa shape index (κ1) is 39.0. The lowest BCUT2D eigenvalue weighted by Gasteiger charge is -2.24. The molecular formula is C35H29N7O12S3. The second-order valence-corrected chi connectivity index (χ2v) is 17.2. The molecule has 0 amide bonds. The van der Waals surface area contributed by atoms with E-state index < -0.39 is 52.1 Å². The highest BCUT2D eigenvalue weighted by Gasteiger charge is 2.30. The molecule has 57 heavy (non-hydrogen) atoms. The van der Waals surface area contributed by atoms with Gasteiger partial charge in [-0.1, -0.05) is 24.3 Å². The van der Waals surface area contributed by atoms with E-state index in [1.165, 1.54) is 28.8 Å². The molecule has 294 valence electrons. The van der Waals surface area contributed by atoms with Gasteiger partial charge in [0.2, 0.25) is 11.9 Å². The van der Waals surface area contributed by atoms with E-state index in [-0.39, 0.29) is 50.5 Å². The van der Waals surface area contributed by atoms with Gasteiger partial charge in [0.15, 0.2) is 5.78 Å². The summed E-state index contributed by atoms with van der Waals surface area (Å²) in [4.78, 5) is 37.5. The number of carbonyl (C=O) groups is 1. The maximum Gasteiger partial charge on any atom is 0.320 e. The van der Waals surface area contributed by atoms with Gasteiger partial charge in [-0.25, -0.2) is 0 Å². The number of aryl methyl sites for hydroxylation is 1. The van der Waals surface area contributed by atoms with Crippen molar-refractivity contribution in [1.82, 2.24) is 19.5 Å². The number of ketones is 1. The molecule has 1 aliphatic carbocycles. The summed E-state index contributed by atoms with van der Waals surface area (Å²) >= 11 is 0. The van der Waals surface area contributed by atoms with Gasteiger partial charge in [-0.15, -0.1) is 0 Å². The smallest absolute Gasteiger partial charge is 0.320 e. The predicted molar refractivity (Wildman–Crippen MR) is 205 cm³/mol. The molecule has 0 saturated carbocycles. The quantitative estimate of drug-likeness (QED) is 0.127. The number of hydrogen-bond donors (Lipinski definition) is 4. The van der Waals surface area contributed by atoms with Crippen molar-refractivity contribution in [3.05, 3.63) is 100 Å². The second-order valence-electron chi connectivity index (χ2n) is 12.1. The van der Waals surface area contributed by atoms with Crippen LogP contribution in [0.1, 0.15) is 15.9 Å². The van der Waals surface area contributed by atoms with Crippen LogP contribution in [0.5, 0.6) is 6.01 Å². The third kappa shape index (κ3) is 7.04. The van der Waals surface area contributed by atoms with E-state index in [1.807, 2.05) is 0 Å². The van der Waals surface area contributed by atoms with Gasteiger partial charge in [-0.2, -0.15) is 40.2 Å². The third-order valence-electron chi connectivity index (χ3n) is 8.91. The molecule has 0 spiro atoms. The Morgan fingerprint density at radius 2 is 1.21 bits per heavy atom. The van der Waals surface area contributed by atoms with Crippen LogP contribution in [0.2, 0.25) is 0 Å². The van der Waals surface area contributed by atoms with Crippen LogP contribution in [0.15, 0.2) is 98.3 Å². The number of aromatic nitrogens is 4. The minimum atomic E-state index is -4.42. The molecule has 22 heteroatoms. The Hall–Kier alpha value is -6.30. The van der Waals surface area contributed by atoms with E-state index >= 15 is 0 Å². The van der Waals surface area contributed by atoms with Gasteiger partial charge in [-0.3, -0.25) is 22.1 Å². The van der Waals surface area contributed by atoms with Gasteiger partial charge in [0.25, 0.3) is 35.9 Å². The SMILES string of the molecule is COS(=O)(=O)c1ccc(S(=O)(=O)OC)c(Nc2nc(O)nc(Nc3ccc(S(=O)(=O)OC)c(Nc4ccc5c6c(cc(=O)n5C)-c5ccccc5C(=O)c46)c3)n2)c1. The molecule has 0 saturated heterocycles. The lowest BCUT2D eigenvalue weighted by atomic mass is 9.83. The fourth-order valence-corrected chi connectivity index (χ4v) is 8.49. The van der Waals surface area contributed by atoms with Gasteiger partial charge in [0.05, 0.1) is 54.4 Å². The Kier molecular flexibility index (Phi) is 9.79. The van der Waals surface area contributed by atoms with Crippen LogP contribution in [-0.2, 0) is 50.0 Å². The number of fused-ring (bicyclic) bond motifs is 2. The average Bonchev–Trinajstić information content (AvgIpc) is 3.18. The summed E-state index contributed by atoms with van der Waals surface area (Å²) in [6.45, 7) is 0. The number of carbonyl (C=O) groups excluding carboxylic acids is 1. The Bertz CT molecular complexity index is 3080. The molecule has 7 rings (SSSR count). The zero-order valence-electron chi connectivity index (χ0n) is 30.0. The summed E-state index contributed by atoms with van der Waals surface area (Å²) in [5, 5.41) is 19.3. The fourth-order valence-electron chi connectivity index (χ4n) is 6.21. The lowest BCUT2D eigenvalue weighted by molar-refractivity contribution is 0.104. The van der Waals surface area contributed by atoms with Gasteiger partial charge in [0.1, 0.15) is 9.79 Å². The largest absolute Gasteiger partial charge is 0.479 e. The third-order valence-corrected chi connectivity index (χ3v) is 12.9. The molecule has 4 N–H and O–H groups in total. The van der Waals surface area contributed by atoms with Crippen molar-refractivity contribution < 1.29 is 47.7 Å². The zero-order chi connectivity index (χ0) is 41.0. The Labute approximate surface area is 324 Å². The summed E-state index contributed by atoms with van der Waals surface area (Å²) in [5.41, 5.74) is 1.70. The molecule has 0 bridgehead atoms. The lowest BCUT2D eigenvalue weighted by Crippen LogP contribution is -2.21. The van der Waals surface area contributed by atoms with E-state index in [0.717, 1.165) is 39.5 Å². The number of anilines is 6. The van der Waals surface area contributed by atoms with E-state index in [2.05, 4.69) is 39.3 Å². The normalized spacial score (nSPS) is 12.7. The van der Waals surface area contributed by atoms with Gasteiger partial charge >= 0.3 is 6.01 Å². The summed E-state index contributed by atoms with van der Waals surface area (Å²) in [5.74, 6) is -1.17. The second kappa shape index (κ2) is 14.3. The molecule has 0 radical (unpaired) electrons. The first-order valence-electron chi connectivity index (χ1n) is 16.2. The van der Waals surface area contributed by atoms with Crippen molar-refractivity contribution in [2.75, 3.05) is 37.3 Å². The van der Waals surface area contributed by atoms with Crippen molar-refractivity contribution in [1.29, 1.82) is 0 Å². The molecule has 1 aliphatic rings. The number of nitrogens with one attached hydrogen (secondary N) is 3. The van der Waals surface area contributed by atoms with Crippen LogP contribution < -0.4 is 21.5 Å². The van der Waals surface area contributed by atoms with Crippen molar-refractivity contribution in [2.24, 2.45) is 7.05 Å². The van der Waals surface area contributed by atoms with Crippen LogP contribution >= 0.6 is 0 Å². The molecule has 0 unspecified atom stereocenters. The van der Waals surface area contributed by atoms with Crippen LogP contribution in [0.4, 0.5) is 34.6 Å². The van der Waals surface area contributed by atoms with Gasteiger partial charge in [0, 0.05) is 29.8 Å². The number of aromatic hydroxyl groups is 1. The van der Waals surface area contributed by atoms with Crippen molar-refractivity contribution in [2.45, 2.75) is 14.7 Å². The first-order valence-corrected chi connectivity index (χ1v) is 20.5. The molecule has 6 aromatic rings. The minimum Gasteiger partial charge on any atom is -0.479 e. The van der Waals surface area contributed by atoms with E-state index in [1.54, 1.807) is 43.4 Å². The standard InChI is InChI=1S/C35H29N7O12S3/c1-42-26-12-11-23(31-30(26)22(17-29(42)43)20-7-5-6-8-21(20)32(31)44)37-24-15-18(9-13-27(24)56(48,49)53-3)36-33-39-34(41-35(45)40-33)38-25-16-19(55(46,47)52-2)10-14-28(25)57(50,51)54-4/h5-17,37H,1-4H3,(H3,36,38,39,40,41,45). The molecular weight excluding hydrogens is 807 g/mol. The Balaban J connectivity index is 1.30. The maximum absolute atomic E-state index is 14.1. The molecule has 2 heterocycles. The van der Waals surface area contributed by atoms with Crippen molar-refractivity contribution in [3.8, 4) is 17.1 Å². The molecule has 0 aliphatic heterocycles. The number of benzene rings is 4. The summed E-state index contributed by atoms with van der Waals surface area (Å²) in [6.07, 6.45) is 0. The minimum absolute atomic E-state index is 0.0716. The van der Waals surface area contributed by atoms with Crippen LogP contribution in [0.25, 0.3) is 22.0 Å². The summed E-state index contributed by atoms with van der Waals surface area (Å²) in [6, 6.07) is 17.3. The summed E-state index contributed by atoms with van der Waals surface area (Å²) in [7, 11) is -8.73. The van der Waals surface area contributed by atoms with Gasteiger partial charge < -0.3 is 25.6 Å². The molecule has 2 aromatic heterocycles. The maximum atomic E-state index is 14.1. The predicted octanol–water partition coefficient (Wildman–Crippen LogP) is 3.88. The number of pyridine rings is 1. The van der Waals surface area contributed by atoms with Gasteiger partial charge in [-0.05, 0) is 59.7 Å². The van der Waals surface area contributed by atoms with E-state index in [9.17, 15) is 39.9 Å².